The second-order valence-corrected chi connectivity index (χ2v) is 5.25. The molecule has 1 rings (SSSR count). The summed E-state index contributed by atoms with van der Waals surface area (Å²) in [5.41, 5.74) is 5.34. The first kappa shape index (κ1) is 15.7. The Morgan fingerprint density at radius 3 is 2.63 bits per heavy atom. The van der Waals surface area contributed by atoms with Crippen molar-refractivity contribution in [2.24, 2.45) is 11.7 Å². The zero-order chi connectivity index (χ0) is 14.4. The van der Waals surface area contributed by atoms with Crippen LogP contribution in [0.1, 0.15) is 20.8 Å². The molecule has 0 fully saturated rings. The first-order valence-electron chi connectivity index (χ1n) is 6.20. The first-order chi connectivity index (χ1) is 8.90. The second-order valence-electron chi connectivity index (χ2n) is 4.82. The number of ether oxygens (including phenoxy) is 1. The average molecular weight is 286 g/mol. The molecule has 6 heteroatoms. The molecule has 0 aliphatic heterocycles. The third-order valence-corrected chi connectivity index (χ3v) is 2.84. The summed E-state index contributed by atoms with van der Waals surface area (Å²) in [5, 5.41) is 3.71. The Balaban J connectivity index is 2.44. The van der Waals surface area contributed by atoms with E-state index in [0.717, 1.165) is 0 Å². The predicted molar refractivity (Wildman–Crippen MR) is 75.2 cm³/mol. The zero-order valence-corrected chi connectivity index (χ0v) is 12.1. The van der Waals surface area contributed by atoms with E-state index < -0.39 is 0 Å². The third kappa shape index (κ3) is 5.44. The molecule has 106 valence electrons. The van der Waals surface area contributed by atoms with Gasteiger partial charge in [0.15, 0.2) is 0 Å². The van der Waals surface area contributed by atoms with Crippen molar-refractivity contribution in [3.05, 3.63) is 23.4 Å². The minimum absolute atomic E-state index is 0.0163. The fraction of sp³-hybridized carbons (Fsp3) is 0.538. The van der Waals surface area contributed by atoms with Gasteiger partial charge in [-0.15, -0.1) is 0 Å². The quantitative estimate of drug-likeness (QED) is 0.798. The Hall–Kier alpha value is -1.33. The molecule has 5 nitrogen and oxygen atoms in total. The van der Waals surface area contributed by atoms with E-state index in [1.54, 1.807) is 12.1 Å². The predicted octanol–water partition coefficient (Wildman–Crippen LogP) is 1.60. The van der Waals surface area contributed by atoms with E-state index in [0.29, 0.717) is 17.5 Å². The smallest absolute Gasteiger partial charge is 0.234 e. The highest BCUT2D eigenvalue weighted by Gasteiger charge is 2.21. The van der Waals surface area contributed by atoms with E-state index in [1.807, 2.05) is 20.8 Å². The van der Waals surface area contributed by atoms with Gasteiger partial charge in [0.1, 0.15) is 6.61 Å². The Morgan fingerprint density at radius 2 is 2.16 bits per heavy atom. The number of nitrogens with one attached hydrogen (secondary N) is 1. The maximum atomic E-state index is 11.3. The molecule has 1 aromatic rings. The summed E-state index contributed by atoms with van der Waals surface area (Å²) in [4.78, 5) is 15.3. The topological polar surface area (TPSA) is 77.2 Å². The molecule has 0 saturated carbocycles. The van der Waals surface area contributed by atoms with Crippen LogP contribution in [0.2, 0.25) is 5.02 Å². The van der Waals surface area contributed by atoms with Crippen molar-refractivity contribution in [1.29, 1.82) is 0 Å². The van der Waals surface area contributed by atoms with Crippen LogP contribution in [0.4, 0.5) is 0 Å². The normalized spacial score (nSPS) is 14.2. The minimum atomic E-state index is -0.364. The number of nitrogens with two attached hydrogens (primary N) is 1. The van der Waals surface area contributed by atoms with E-state index in [-0.39, 0.29) is 23.9 Å². The van der Waals surface area contributed by atoms with Gasteiger partial charge in [-0.1, -0.05) is 25.4 Å². The number of pyridine rings is 1. The van der Waals surface area contributed by atoms with Crippen molar-refractivity contribution in [3.63, 3.8) is 0 Å². The van der Waals surface area contributed by atoms with Crippen molar-refractivity contribution < 1.29 is 9.53 Å². The SMILES string of the molecule is CC(COc1ccc(Cl)cn1)N[C@H](C(N)=O)C(C)C. The van der Waals surface area contributed by atoms with Gasteiger partial charge in [0.05, 0.1) is 11.1 Å². The highest BCUT2D eigenvalue weighted by Crippen LogP contribution is 2.11. The van der Waals surface area contributed by atoms with Gasteiger partial charge < -0.3 is 10.5 Å². The molecule has 0 saturated heterocycles. The molecule has 0 radical (unpaired) electrons. The number of amides is 1. The van der Waals surface area contributed by atoms with Crippen LogP contribution in [0.5, 0.6) is 5.88 Å². The molecule has 3 N–H and O–H groups in total. The fourth-order valence-corrected chi connectivity index (χ4v) is 1.73. The van der Waals surface area contributed by atoms with Crippen LogP contribution in [0.25, 0.3) is 0 Å². The molecular weight excluding hydrogens is 266 g/mol. The summed E-state index contributed by atoms with van der Waals surface area (Å²) < 4.78 is 5.50. The van der Waals surface area contributed by atoms with Crippen LogP contribution in [0, 0.1) is 5.92 Å². The standard InChI is InChI=1S/C13H20ClN3O2/c1-8(2)12(13(15)18)17-9(3)7-19-11-5-4-10(14)6-16-11/h4-6,8-9,12,17H,7H2,1-3H3,(H2,15,18)/t9?,12-/m0/s1. The summed E-state index contributed by atoms with van der Waals surface area (Å²) in [6.07, 6.45) is 1.52. The molecule has 19 heavy (non-hydrogen) atoms. The lowest BCUT2D eigenvalue weighted by atomic mass is 10.0. The molecule has 0 bridgehead atoms. The van der Waals surface area contributed by atoms with E-state index in [2.05, 4.69) is 10.3 Å². The Labute approximate surface area is 118 Å². The van der Waals surface area contributed by atoms with E-state index in [9.17, 15) is 4.79 Å². The summed E-state index contributed by atoms with van der Waals surface area (Å²) in [6, 6.07) is 3.03. The highest BCUT2D eigenvalue weighted by molar-refractivity contribution is 6.30. The lowest BCUT2D eigenvalue weighted by Gasteiger charge is -2.23. The van der Waals surface area contributed by atoms with Gasteiger partial charge in [-0.3, -0.25) is 10.1 Å². The molecule has 0 aliphatic rings. The van der Waals surface area contributed by atoms with E-state index >= 15 is 0 Å². The number of hydrogen-bond acceptors (Lipinski definition) is 4. The monoisotopic (exact) mass is 285 g/mol. The number of primary amides is 1. The van der Waals surface area contributed by atoms with Crippen LogP contribution in [0.3, 0.4) is 0 Å². The molecule has 0 aromatic carbocycles. The Morgan fingerprint density at radius 1 is 1.47 bits per heavy atom. The van der Waals surface area contributed by atoms with Gasteiger partial charge in [-0.05, 0) is 18.9 Å². The molecule has 0 spiro atoms. The molecular formula is C13H20ClN3O2. The highest BCUT2D eigenvalue weighted by atomic mass is 35.5. The van der Waals surface area contributed by atoms with Gasteiger partial charge in [0.2, 0.25) is 11.8 Å². The fourth-order valence-electron chi connectivity index (χ4n) is 1.62. The van der Waals surface area contributed by atoms with Crippen molar-refractivity contribution in [2.45, 2.75) is 32.9 Å². The molecule has 1 amide bonds. The third-order valence-electron chi connectivity index (χ3n) is 2.62. The van der Waals surface area contributed by atoms with Crippen LogP contribution < -0.4 is 15.8 Å². The van der Waals surface area contributed by atoms with Gasteiger partial charge in [-0.2, -0.15) is 0 Å². The van der Waals surface area contributed by atoms with Gasteiger partial charge in [0, 0.05) is 18.3 Å². The maximum Gasteiger partial charge on any atom is 0.234 e. The number of nitrogens with zero attached hydrogens (tertiary/aromatic N) is 1. The van der Waals surface area contributed by atoms with Crippen molar-refractivity contribution in [3.8, 4) is 5.88 Å². The van der Waals surface area contributed by atoms with Crippen LogP contribution in [-0.4, -0.2) is 29.6 Å². The Bertz CT molecular complexity index is 409. The lowest BCUT2D eigenvalue weighted by Crippen LogP contribution is -2.50. The first-order valence-corrected chi connectivity index (χ1v) is 6.57. The number of aromatic nitrogens is 1. The molecule has 2 atom stereocenters. The zero-order valence-electron chi connectivity index (χ0n) is 11.4. The number of carbonyl (C=O) groups excluding carboxylic acids is 1. The van der Waals surface area contributed by atoms with E-state index in [4.69, 9.17) is 22.1 Å². The Kier molecular flexibility index (Phi) is 6.05. The second kappa shape index (κ2) is 7.31. The van der Waals surface area contributed by atoms with Crippen molar-refractivity contribution in [2.75, 3.05) is 6.61 Å². The number of hydrogen-bond donors (Lipinski definition) is 2. The maximum absolute atomic E-state index is 11.3. The summed E-state index contributed by atoms with van der Waals surface area (Å²) >= 11 is 5.73. The summed E-state index contributed by atoms with van der Waals surface area (Å²) in [7, 11) is 0. The van der Waals surface area contributed by atoms with Crippen LogP contribution >= 0.6 is 11.6 Å². The number of carbonyl (C=O) groups is 1. The van der Waals surface area contributed by atoms with Crippen molar-refractivity contribution >= 4 is 17.5 Å². The molecule has 1 heterocycles. The molecule has 1 unspecified atom stereocenters. The van der Waals surface area contributed by atoms with Gasteiger partial charge in [0.25, 0.3) is 0 Å². The van der Waals surface area contributed by atoms with Crippen LogP contribution in [0.15, 0.2) is 18.3 Å². The molecule has 0 aliphatic carbocycles. The summed E-state index contributed by atoms with van der Waals surface area (Å²) in [5.74, 6) is 0.276. The minimum Gasteiger partial charge on any atom is -0.476 e. The molecule has 1 aromatic heterocycles. The number of rotatable bonds is 7. The van der Waals surface area contributed by atoms with Gasteiger partial charge >= 0.3 is 0 Å². The van der Waals surface area contributed by atoms with Crippen molar-refractivity contribution in [1.82, 2.24) is 10.3 Å². The van der Waals surface area contributed by atoms with Gasteiger partial charge in [-0.25, -0.2) is 4.98 Å². The summed E-state index contributed by atoms with van der Waals surface area (Å²) in [6.45, 7) is 6.20. The largest absolute Gasteiger partial charge is 0.476 e. The number of halogens is 1. The van der Waals surface area contributed by atoms with E-state index in [1.165, 1.54) is 6.20 Å². The lowest BCUT2D eigenvalue weighted by molar-refractivity contribution is -0.121. The average Bonchev–Trinajstić information content (AvgIpc) is 2.34. The van der Waals surface area contributed by atoms with Crippen LogP contribution in [-0.2, 0) is 4.79 Å².